The number of allylic oxidation sites excluding steroid dienone is 13. The molecule has 0 bridgehead atoms. The molecule has 1 heterocycles. The van der Waals surface area contributed by atoms with Gasteiger partial charge in [-0.3, -0.25) is 9.59 Å². The Labute approximate surface area is 476 Å². The number of ether oxygens (including phenoxy) is 3. The molecular weight excluding hydrogens is 979 g/mol. The molecule has 0 aliphatic carbocycles. The minimum Gasteiger partial charge on any atom is -0.454 e. The first-order valence-corrected chi connectivity index (χ1v) is 31.9. The molecule has 1 rings (SSSR count). The zero-order valence-electron chi connectivity index (χ0n) is 49.8. The summed E-state index contributed by atoms with van der Waals surface area (Å²) in [4.78, 5) is 26.5. The predicted octanol–water partition coefficient (Wildman–Crippen LogP) is 15.3. The van der Waals surface area contributed by atoms with E-state index in [0.717, 1.165) is 116 Å². The van der Waals surface area contributed by atoms with Gasteiger partial charge in [-0.1, -0.05) is 266 Å². The van der Waals surface area contributed by atoms with Crippen LogP contribution in [0.4, 0.5) is 0 Å². The molecule has 0 aromatic rings. The van der Waals surface area contributed by atoms with Gasteiger partial charge in [0.1, 0.15) is 24.4 Å². The van der Waals surface area contributed by atoms with Gasteiger partial charge in [0, 0.05) is 6.42 Å². The SMILES string of the molecule is CC/C=C\C/C=C\C/C=C\C/C=C\C/C=C\C/C=C\CCCCCCCCC(=O)OC1C(OCC(NC(=O)C(O)CCCCCCCCCCCCCCC)C(O)/C=C/CCCCCCCCCCC)OC(CO)C(O)C1O. The van der Waals surface area contributed by atoms with Gasteiger partial charge in [-0.25, -0.2) is 0 Å². The summed E-state index contributed by atoms with van der Waals surface area (Å²) in [6, 6.07) is -1.03. The Hall–Kier alpha value is -3.16. The second-order valence-corrected chi connectivity index (χ2v) is 21.8. The van der Waals surface area contributed by atoms with Gasteiger partial charge in [-0.05, 0) is 77.0 Å². The lowest BCUT2D eigenvalue weighted by Crippen LogP contribution is -2.61. The number of nitrogens with one attached hydrogen (secondary N) is 1. The minimum absolute atomic E-state index is 0.103. The zero-order chi connectivity index (χ0) is 56.8. The van der Waals surface area contributed by atoms with Gasteiger partial charge >= 0.3 is 5.97 Å². The molecule has 1 aliphatic heterocycles. The first-order valence-electron chi connectivity index (χ1n) is 31.9. The van der Waals surface area contributed by atoms with Gasteiger partial charge in [-0.15, -0.1) is 0 Å². The molecule has 450 valence electrons. The number of amides is 1. The van der Waals surface area contributed by atoms with Crippen LogP contribution in [0.15, 0.2) is 85.1 Å². The van der Waals surface area contributed by atoms with Crippen LogP contribution in [0, 0.1) is 0 Å². The maximum atomic E-state index is 13.4. The van der Waals surface area contributed by atoms with Crippen molar-refractivity contribution in [3.05, 3.63) is 85.1 Å². The first-order chi connectivity index (χ1) is 38.2. The highest BCUT2D eigenvalue weighted by atomic mass is 16.7. The highest BCUT2D eigenvalue weighted by molar-refractivity contribution is 5.80. The second kappa shape index (κ2) is 54.4. The summed E-state index contributed by atoms with van der Waals surface area (Å²) in [6.07, 6.45) is 60.5. The van der Waals surface area contributed by atoms with E-state index in [9.17, 15) is 35.1 Å². The number of hydrogen-bond donors (Lipinski definition) is 6. The van der Waals surface area contributed by atoms with E-state index in [0.29, 0.717) is 19.3 Å². The Bertz CT molecular complexity index is 1590. The van der Waals surface area contributed by atoms with E-state index in [1.807, 2.05) is 6.08 Å². The molecule has 78 heavy (non-hydrogen) atoms. The average Bonchev–Trinajstić information content (AvgIpc) is 3.44. The van der Waals surface area contributed by atoms with Crippen molar-refractivity contribution in [3.8, 4) is 0 Å². The Morgan fingerprint density at radius 3 is 1.38 bits per heavy atom. The van der Waals surface area contributed by atoms with Crippen LogP contribution in [-0.2, 0) is 23.8 Å². The molecule has 0 spiro atoms. The lowest BCUT2D eigenvalue weighted by molar-refractivity contribution is -0.305. The van der Waals surface area contributed by atoms with Crippen LogP contribution >= 0.6 is 0 Å². The minimum atomic E-state index is -1.62. The summed E-state index contributed by atoms with van der Waals surface area (Å²) < 4.78 is 17.6. The van der Waals surface area contributed by atoms with Crippen molar-refractivity contribution in [2.45, 2.75) is 314 Å². The quantitative estimate of drug-likeness (QED) is 0.0195. The largest absolute Gasteiger partial charge is 0.454 e. The van der Waals surface area contributed by atoms with Crippen molar-refractivity contribution < 1.29 is 49.3 Å². The fourth-order valence-electron chi connectivity index (χ4n) is 9.54. The molecule has 1 aliphatic rings. The lowest BCUT2D eigenvalue weighted by atomic mass is 9.99. The summed E-state index contributed by atoms with van der Waals surface area (Å²) in [7, 11) is 0. The van der Waals surface area contributed by atoms with Crippen LogP contribution < -0.4 is 5.32 Å². The Balaban J connectivity index is 2.62. The molecule has 1 saturated heterocycles. The van der Waals surface area contributed by atoms with Crippen LogP contribution in [0.2, 0.25) is 0 Å². The van der Waals surface area contributed by atoms with Crippen molar-refractivity contribution >= 4 is 11.9 Å². The predicted molar refractivity (Wildman–Crippen MR) is 324 cm³/mol. The molecule has 11 heteroatoms. The molecule has 8 atom stereocenters. The highest BCUT2D eigenvalue weighted by Crippen LogP contribution is 2.26. The van der Waals surface area contributed by atoms with Gasteiger partial charge < -0.3 is 45.1 Å². The normalized spacial score (nSPS) is 19.5. The first kappa shape index (κ1) is 72.9. The Morgan fingerprint density at radius 2 is 0.923 bits per heavy atom. The average molecular weight is 1100 g/mol. The molecule has 1 fully saturated rings. The van der Waals surface area contributed by atoms with Crippen molar-refractivity contribution in [1.29, 1.82) is 0 Å². The zero-order valence-corrected chi connectivity index (χ0v) is 49.8. The molecule has 0 aromatic heterocycles. The summed E-state index contributed by atoms with van der Waals surface area (Å²) in [6.45, 7) is 5.66. The summed E-state index contributed by atoms with van der Waals surface area (Å²) in [5, 5.41) is 56.9. The van der Waals surface area contributed by atoms with Crippen molar-refractivity contribution in [2.75, 3.05) is 13.2 Å². The standard InChI is InChI=1S/C67H117NO10/c1-4-7-10-13-16-19-22-24-25-26-27-28-29-30-31-32-33-34-35-37-40-43-46-49-52-55-62(72)78-65-64(74)63(73)61(56-69)77-67(65)76-57-58(59(70)53-50-47-44-41-38-21-18-15-12-9-6-3)68-66(75)60(71)54-51-48-45-42-39-36-23-20-17-14-11-8-5-2/h7,10,16,19,24-25,27-28,30-31,33-34,50,53,58-61,63-65,67,69-71,73-74H,4-6,8-9,11-15,17-18,20-23,26,29,32,35-49,51-52,54-57H2,1-3H3,(H,68,75)/b10-7-,19-16-,25-24-,28-27-,31-30-,34-33-,53-50+. The van der Waals surface area contributed by atoms with E-state index < -0.39 is 67.4 Å². The third-order valence-corrected chi connectivity index (χ3v) is 14.6. The molecule has 8 unspecified atom stereocenters. The van der Waals surface area contributed by atoms with Gasteiger partial charge in [0.15, 0.2) is 12.4 Å². The van der Waals surface area contributed by atoms with Gasteiger partial charge in [0.05, 0.1) is 25.4 Å². The van der Waals surface area contributed by atoms with E-state index in [4.69, 9.17) is 14.2 Å². The number of carbonyl (C=O) groups is 2. The van der Waals surface area contributed by atoms with Crippen LogP contribution in [0.1, 0.15) is 265 Å². The third-order valence-electron chi connectivity index (χ3n) is 14.6. The lowest BCUT2D eigenvalue weighted by Gasteiger charge is -2.41. The fraction of sp³-hybridized carbons (Fsp3) is 0.761. The Morgan fingerprint density at radius 1 is 0.513 bits per heavy atom. The van der Waals surface area contributed by atoms with Crippen molar-refractivity contribution in [2.24, 2.45) is 0 Å². The second-order valence-electron chi connectivity index (χ2n) is 21.8. The topological polar surface area (TPSA) is 175 Å². The van der Waals surface area contributed by atoms with Crippen LogP contribution in [0.3, 0.4) is 0 Å². The number of aliphatic hydroxyl groups excluding tert-OH is 5. The van der Waals surface area contributed by atoms with Crippen LogP contribution in [0.25, 0.3) is 0 Å². The number of rotatable bonds is 53. The maximum Gasteiger partial charge on any atom is 0.306 e. The van der Waals surface area contributed by atoms with E-state index in [-0.39, 0.29) is 13.0 Å². The van der Waals surface area contributed by atoms with E-state index in [1.165, 1.54) is 103 Å². The molecule has 11 nitrogen and oxygen atoms in total. The number of hydrogen-bond acceptors (Lipinski definition) is 10. The third kappa shape index (κ3) is 41.8. The number of aliphatic hydroxyl groups is 5. The monoisotopic (exact) mass is 1100 g/mol. The molecule has 1 amide bonds. The highest BCUT2D eigenvalue weighted by Gasteiger charge is 2.47. The molecule has 0 saturated carbocycles. The van der Waals surface area contributed by atoms with E-state index in [1.54, 1.807) is 6.08 Å². The smallest absolute Gasteiger partial charge is 0.306 e. The van der Waals surface area contributed by atoms with Crippen molar-refractivity contribution in [3.63, 3.8) is 0 Å². The van der Waals surface area contributed by atoms with Gasteiger partial charge in [0.2, 0.25) is 5.91 Å². The van der Waals surface area contributed by atoms with Gasteiger partial charge in [-0.2, -0.15) is 0 Å². The fourth-order valence-corrected chi connectivity index (χ4v) is 9.54. The number of carbonyl (C=O) groups excluding carboxylic acids is 2. The molecule has 6 N–H and O–H groups in total. The summed E-state index contributed by atoms with van der Waals surface area (Å²) in [5.74, 6) is -1.21. The van der Waals surface area contributed by atoms with E-state index >= 15 is 0 Å². The number of esters is 1. The van der Waals surface area contributed by atoms with Crippen LogP contribution in [-0.4, -0.2) is 99.6 Å². The molecular formula is C67H117NO10. The molecule has 0 radical (unpaired) electrons. The van der Waals surface area contributed by atoms with Crippen LogP contribution in [0.5, 0.6) is 0 Å². The summed E-state index contributed by atoms with van der Waals surface area (Å²) >= 11 is 0. The van der Waals surface area contributed by atoms with Gasteiger partial charge in [0.25, 0.3) is 0 Å². The maximum absolute atomic E-state index is 13.4. The van der Waals surface area contributed by atoms with E-state index in [2.05, 4.69) is 99.0 Å². The summed E-state index contributed by atoms with van der Waals surface area (Å²) in [5.41, 5.74) is 0. The number of unbranched alkanes of at least 4 members (excludes halogenated alkanes) is 27. The molecule has 0 aromatic carbocycles. The van der Waals surface area contributed by atoms with Crippen molar-refractivity contribution in [1.82, 2.24) is 5.32 Å². The Kier molecular flexibility index (Phi) is 50.8.